The van der Waals surface area contributed by atoms with Crippen molar-refractivity contribution in [1.82, 2.24) is 5.32 Å². The Hall–Kier alpha value is -0.850. The Morgan fingerprint density at radius 3 is 1.76 bits per heavy atom. The third kappa shape index (κ3) is 16.3. The molecule has 1 aliphatic rings. The lowest BCUT2D eigenvalue weighted by Crippen LogP contribution is -2.60. The van der Waals surface area contributed by atoms with E-state index in [0.29, 0.717) is 12.8 Å². The lowest BCUT2D eigenvalue weighted by atomic mass is 9.98. The molecule has 10 nitrogen and oxygen atoms in total. The van der Waals surface area contributed by atoms with E-state index < -0.39 is 55.6 Å². The van der Waals surface area contributed by atoms with Crippen LogP contribution in [0.2, 0.25) is 0 Å². The summed E-state index contributed by atoms with van der Waals surface area (Å²) in [4.78, 5) is 12.6. The van der Waals surface area contributed by atoms with Gasteiger partial charge in [0.05, 0.1) is 25.4 Å². The zero-order chi connectivity index (χ0) is 31.2. The number of aliphatic hydroxyl groups is 6. The second-order valence-electron chi connectivity index (χ2n) is 12.1. The van der Waals surface area contributed by atoms with Crippen LogP contribution in [0.25, 0.3) is 0 Å². The number of rotatable bonds is 26. The van der Waals surface area contributed by atoms with Crippen LogP contribution in [0.4, 0.5) is 0 Å². The molecule has 1 fully saturated rings. The van der Waals surface area contributed by atoms with Crippen LogP contribution < -0.4 is 5.32 Å². The molecule has 0 aromatic rings. The summed E-state index contributed by atoms with van der Waals surface area (Å²) in [6.45, 7) is 3.45. The van der Waals surface area contributed by atoms with E-state index in [1.165, 1.54) is 51.4 Å². The van der Waals surface area contributed by atoms with Crippen molar-refractivity contribution < 1.29 is 44.9 Å². The van der Waals surface area contributed by atoms with Crippen molar-refractivity contribution in [2.75, 3.05) is 13.2 Å². The Bertz CT molecular complexity index is 653. The largest absolute Gasteiger partial charge is 0.394 e. The summed E-state index contributed by atoms with van der Waals surface area (Å²) in [5, 5.41) is 64.2. The number of hydrogen-bond acceptors (Lipinski definition) is 9. The van der Waals surface area contributed by atoms with Crippen LogP contribution in [-0.2, 0) is 14.3 Å². The van der Waals surface area contributed by atoms with E-state index >= 15 is 0 Å². The fraction of sp³-hybridized carbons (Fsp3) is 0.969. The zero-order valence-electron chi connectivity index (χ0n) is 26.4. The summed E-state index contributed by atoms with van der Waals surface area (Å²) in [6, 6.07) is -0.979. The molecule has 1 rings (SSSR count). The predicted molar refractivity (Wildman–Crippen MR) is 163 cm³/mol. The fourth-order valence-corrected chi connectivity index (χ4v) is 5.43. The lowest BCUT2D eigenvalue weighted by molar-refractivity contribution is -0.303. The average molecular weight is 606 g/mol. The molecule has 1 aliphatic heterocycles. The summed E-state index contributed by atoms with van der Waals surface area (Å²) in [7, 11) is 0. The Morgan fingerprint density at radius 1 is 0.738 bits per heavy atom. The smallest absolute Gasteiger partial charge is 0.220 e. The van der Waals surface area contributed by atoms with Crippen LogP contribution in [0.5, 0.6) is 0 Å². The van der Waals surface area contributed by atoms with Crippen LogP contribution in [0.1, 0.15) is 136 Å². The van der Waals surface area contributed by atoms with E-state index in [2.05, 4.69) is 19.2 Å². The molecule has 250 valence electrons. The van der Waals surface area contributed by atoms with Gasteiger partial charge in [0, 0.05) is 6.42 Å². The van der Waals surface area contributed by atoms with E-state index in [1.807, 2.05) is 0 Å². The first-order valence-electron chi connectivity index (χ1n) is 16.8. The van der Waals surface area contributed by atoms with Gasteiger partial charge in [-0.1, -0.05) is 117 Å². The van der Waals surface area contributed by atoms with Crippen molar-refractivity contribution in [2.24, 2.45) is 0 Å². The van der Waals surface area contributed by atoms with Gasteiger partial charge in [0.15, 0.2) is 6.29 Å². The number of hydrogen-bond donors (Lipinski definition) is 7. The highest BCUT2D eigenvalue weighted by Gasteiger charge is 2.44. The first kappa shape index (κ1) is 39.2. The molecular weight excluding hydrogens is 542 g/mol. The Kier molecular flexibility index (Phi) is 22.8. The summed E-state index contributed by atoms with van der Waals surface area (Å²) in [5.41, 5.74) is 0. The highest BCUT2D eigenvalue weighted by atomic mass is 16.7. The van der Waals surface area contributed by atoms with Crippen molar-refractivity contribution in [3.05, 3.63) is 0 Å². The molecule has 42 heavy (non-hydrogen) atoms. The van der Waals surface area contributed by atoms with Gasteiger partial charge in [-0.15, -0.1) is 0 Å². The second-order valence-corrected chi connectivity index (χ2v) is 12.1. The van der Waals surface area contributed by atoms with Gasteiger partial charge < -0.3 is 45.4 Å². The van der Waals surface area contributed by atoms with Crippen LogP contribution in [0.3, 0.4) is 0 Å². The topological polar surface area (TPSA) is 169 Å². The minimum atomic E-state index is -1.60. The van der Waals surface area contributed by atoms with Crippen LogP contribution in [0, 0.1) is 0 Å². The molecule has 0 spiro atoms. The molecule has 8 atom stereocenters. The number of amides is 1. The fourth-order valence-electron chi connectivity index (χ4n) is 5.43. The van der Waals surface area contributed by atoms with Crippen molar-refractivity contribution in [1.29, 1.82) is 0 Å². The third-order valence-electron chi connectivity index (χ3n) is 8.30. The number of aliphatic hydroxyl groups excluding tert-OH is 6. The molecule has 0 radical (unpaired) electrons. The Morgan fingerprint density at radius 2 is 1.24 bits per heavy atom. The average Bonchev–Trinajstić information content (AvgIpc) is 2.98. The third-order valence-corrected chi connectivity index (χ3v) is 8.30. The summed E-state index contributed by atoms with van der Waals surface area (Å²) in [6.07, 6.45) is 10.3. The molecule has 0 aromatic carbocycles. The first-order valence-corrected chi connectivity index (χ1v) is 16.8. The quantitative estimate of drug-likeness (QED) is 0.0730. The summed E-state index contributed by atoms with van der Waals surface area (Å²) in [5.74, 6) is -0.273. The van der Waals surface area contributed by atoms with Crippen molar-refractivity contribution >= 4 is 5.91 Å². The van der Waals surface area contributed by atoms with Gasteiger partial charge in [0.2, 0.25) is 5.91 Å². The molecule has 0 aliphatic carbocycles. The van der Waals surface area contributed by atoms with E-state index in [4.69, 9.17) is 9.47 Å². The number of ether oxygens (including phenoxy) is 2. The maximum atomic E-state index is 12.6. The summed E-state index contributed by atoms with van der Waals surface area (Å²) >= 11 is 0. The standard InChI is InChI=1S/C32H63NO9/c1-3-5-7-9-10-11-12-13-14-15-17-18-20-25(35)28(37)24(33-27(36)21-19-16-8-6-4-2)23-41-32-31(40)30(39)29(38)26(22-34)42-32/h24-26,28-32,34-35,37-40H,3-23H2,1-2H3,(H,33,36)/t24?,25?,26-,28?,29+,30+,31-,32+/m1/s1. The van der Waals surface area contributed by atoms with Crippen LogP contribution in [-0.4, -0.2) is 98.7 Å². The lowest BCUT2D eigenvalue weighted by Gasteiger charge is -2.40. The van der Waals surface area contributed by atoms with Gasteiger partial charge in [-0.05, 0) is 12.8 Å². The van der Waals surface area contributed by atoms with Crippen LogP contribution in [0.15, 0.2) is 0 Å². The van der Waals surface area contributed by atoms with E-state index in [-0.39, 0.29) is 18.9 Å². The minimum Gasteiger partial charge on any atom is -0.394 e. The monoisotopic (exact) mass is 605 g/mol. The van der Waals surface area contributed by atoms with Gasteiger partial charge in [-0.3, -0.25) is 4.79 Å². The van der Waals surface area contributed by atoms with E-state index in [0.717, 1.165) is 51.4 Å². The molecular formula is C32H63NO9. The van der Waals surface area contributed by atoms with Crippen molar-refractivity contribution in [3.63, 3.8) is 0 Å². The van der Waals surface area contributed by atoms with Gasteiger partial charge in [-0.25, -0.2) is 0 Å². The number of carbonyl (C=O) groups excluding carboxylic acids is 1. The van der Waals surface area contributed by atoms with Gasteiger partial charge in [0.1, 0.15) is 30.5 Å². The highest BCUT2D eigenvalue weighted by Crippen LogP contribution is 2.23. The van der Waals surface area contributed by atoms with Crippen molar-refractivity contribution in [2.45, 2.75) is 185 Å². The van der Waals surface area contributed by atoms with Gasteiger partial charge >= 0.3 is 0 Å². The number of nitrogens with one attached hydrogen (secondary N) is 1. The molecule has 1 amide bonds. The predicted octanol–water partition coefficient (Wildman–Crippen LogP) is 3.46. The summed E-state index contributed by atoms with van der Waals surface area (Å²) < 4.78 is 11.0. The normalized spacial score (nSPS) is 24.8. The number of carbonyl (C=O) groups is 1. The van der Waals surface area contributed by atoms with Gasteiger partial charge in [-0.2, -0.15) is 0 Å². The van der Waals surface area contributed by atoms with E-state index in [1.54, 1.807) is 0 Å². The molecule has 7 N–H and O–H groups in total. The molecule has 1 heterocycles. The number of unbranched alkanes of at least 4 members (excludes halogenated alkanes) is 15. The molecule has 1 saturated heterocycles. The zero-order valence-corrected chi connectivity index (χ0v) is 26.4. The van der Waals surface area contributed by atoms with Gasteiger partial charge in [0.25, 0.3) is 0 Å². The highest BCUT2D eigenvalue weighted by molar-refractivity contribution is 5.76. The van der Waals surface area contributed by atoms with E-state index in [9.17, 15) is 35.4 Å². The SMILES string of the molecule is CCCCCCCCCCCCCCC(O)C(O)C(CO[C@H]1O[C@H](CO)[C@H](O)[C@H](O)[C@H]1O)NC(=O)CCCCCCC. The minimum absolute atomic E-state index is 0.273. The maximum Gasteiger partial charge on any atom is 0.220 e. The Labute approximate surface area is 254 Å². The molecule has 0 saturated carbocycles. The maximum absolute atomic E-state index is 12.6. The second kappa shape index (κ2) is 24.5. The molecule has 3 unspecified atom stereocenters. The molecule has 10 heteroatoms. The molecule has 0 bridgehead atoms. The first-order chi connectivity index (χ1) is 20.3. The molecule has 0 aromatic heterocycles. The Balaban J connectivity index is 2.52. The van der Waals surface area contributed by atoms with Crippen LogP contribution >= 0.6 is 0 Å². The van der Waals surface area contributed by atoms with Crippen molar-refractivity contribution in [3.8, 4) is 0 Å².